The van der Waals surface area contributed by atoms with Crippen LogP contribution < -0.4 is 0 Å². The van der Waals surface area contributed by atoms with E-state index in [0.717, 1.165) is 37.1 Å². The molecule has 0 spiro atoms. The fraction of sp³-hybridized carbons (Fsp3) is 0.423. The van der Waals surface area contributed by atoms with Crippen molar-refractivity contribution in [2.75, 3.05) is 26.2 Å². The lowest BCUT2D eigenvalue weighted by Crippen LogP contribution is -2.67. The summed E-state index contributed by atoms with van der Waals surface area (Å²) in [6, 6.07) is 14.8. The van der Waals surface area contributed by atoms with E-state index in [2.05, 4.69) is 28.9 Å². The summed E-state index contributed by atoms with van der Waals surface area (Å²) in [5.41, 5.74) is 2.36. The summed E-state index contributed by atoms with van der Waals surface area (Å²) < 4.78 is 13.8. The first kappa shape index (κ1) is 21.5. The molecule has 1 amide bonds. The molecule has 31 heavy (non-hydrogen) atoms. The van der Waals surface area contributed by atoms with Crippen LogP contribution in [0.2, 0.25) is 0 Å². The third kappa shape index (κ3) is 4.51. The average Bonchev–Trinajstić information content (AvgIpc) is 2.78. The monoisotopic (exact) mass is 420 g/mol. The molecule has 4 rings (SSSR count). The molecule has 2 aliphatic rings. The van der Waals surface area contributed by atoms with E-state index in [-0.39, 0.29) is 36.3 Å². The van der Waals surface area contributed by atoms with Crippen molar-refractivity contribution in [1.82, 2.24) is 9.80 Å². The second-order valence-electron chi connectivity index (χ2n) is 8.33. The minimum atomic E-state index is -0.317. The lowest BCUT2D eigenvalue weighted by molar-refractivity contribution is -0.136. The molecule has 2 aromatic rings. The molecule has 2 fully saturated rings. The highest BCUT2D eigenvalue weighted by Crippen LogP contribution is 2.42. The third-order valence-corrected chi connectivity index (χ3v) is 6.54. The first-order valence-corrected chi connectivity index (χ1v) is 11.1. The summed E-state index contributed by atoms with van der Waals surface area (Å²) in [6.45, 7) is 4.51. The number of aliphatic hydroxyl groups excluding tert-OH is 1. The lowest BCUT2D eigenvalue weighted by Gasteiger charge is -2.57. The van der Waals surface area contributed by atoms with Gasteiger partial charge in [0.15, 0.2) is 0 Å². The van der Waals surface area contributed by atoms with E-state index >= 15 is 0 Å². The van der Waals surface area contributed by atoms with E-state index in [4.69, 9.17) is 0 Å². The van der Waals surface area contributed by atoms with Crippen LogP contribution in [0.25, 0.3) is 0 Å². The molecule has 2 aliphatic heterocycles. The van der Waals surface area contributed by atoms with Crippen molar-refractivity contribution in [3.8, 4) is 11.8 Å². The van der Waals surface area contributed by atoms with E-state index in [0.29, 0.717) is 18.5 Å². The van der Waals surface area contributed by atoms with E-state index in [1.807, 2.05) is 24.0 Å². The molecule has 1 N–H and O–H groups in total. The molecule has 2 saturated heterocycles. The summed E-state index contributed by atoms with van der Waals surface area (Å²) in [7, 11) is 0. The number of benzene rings is 2. The van der Waals surface area contributed by atoms with Crippen molar-refractivity contribution < 1.29 is 14.3 Å². The Morgan fingerprint density at radius 2 is 1.84 bits per heavy atom. The highest BCUT2D eigenvalue weighted by molar-refractivity contribution is 5.75. The Bertz CT molecular complexity index is 979. The van der Waals surface area contributed by atoms with Crippen molar-refractivity contribution in [1.29, 1.82) is 0 Å². The Balaban J connectivity index is 1.53. The molecule has 3 atom stereocenters. The molecule has 2 aromatic carbocycles. The minimum Gasteiger partial charge on any atom is -0.395 e. The van der Waals surface area contributed by atoms with Gasteiger partial charge in [-0.25, -0.2) is 4.39 Å². The third-order valence-electron chi connectivity index (χ3n) is 6.54. The fourth-order valence-corrected chi connectivity index (χ4v) is 4.88. The number of amides is 1. The van der Waals surface area contributed by atoms with Crippen molar-refractivity contribution in [3.05, 3.63) is 71.0 Å². The van der Waals surface area contributed by atoms with Crippen molar-refractivity contribution in [2.45, 2.75) is 44.2 Å². The topological polar surface area (TPSA) is 43.8 Å². The summed E-state index contributed by atoms with van der Waals surface area (Å²) in [5.74, 6) is 5.99. The Labute approximate surface area is 183 Å². The predicted molar refractivity (Wildman–Crippen MR) is 119 cm³/mol. The summed E-state index contributed by atoms with van der Waals surface area (Å²) >= 11 is 0. The van der Waals surface area contributed by atoms with Gasteiger partial charge in [-0.15, -0.1) is 0 Å². The molecule has 5 heteroatoms. The SMILES string of the molecule is CCC(=O)N1CCCCN2[C@H](C1)[C@H](c1ccc(C#Cc3ccccc3F)cc1)[C@@H]2CO. The minimum absolute atomic E-state index is 0.0806. The van der Waals surface area contributed by atoms with Gasteiger partial charge in [0.1, 0.15) is 5.82 Å². The van der Waals surface area contributed by atoms with Gasteiger partial charge in [-0.05, 0) is 49.2 Å². The number of hydrogen-bond acceptors (Lipinski definition) is 3. The van der Waals surface area contributed by atoms with Gasteiger partial charge < -0.3 is 10.0 Å². The van der Waals surface area contributed by atoms with E-state index in [1.165, 1.54) is 6.07 Å². The van der Waals surface area contributed by atoms with Crippen molar-refractivity contribution >= 4 is 5.91 Å². The van der Waals surface area contributed by atoms with Crippen LogP contribution >= 0.6 is 0 Å². The zero-order valence-electron chi connectivity index (χ0n) is 17.9. The quantitative estimate of drug-likeness (QED) is 0.775. The molecule has 4 nitrogen and oxygen atoms in total. The largest absolute Gasteiger partial charge is 0.395 e. The van der Waals surface area contributed by atoms with Gasteiger partial charge in [-0.1, -0.05) is 43.0 Å². The van der Waals surface area contributed by atoms with E-state index < -0.39 is 0 Å². The Morgan fingerprint density at radius 1 is 1.10 bits per heavy atom. The summed E-state index contributed by atoms with van der Waals surface area (Å²) in [4.78, 5) is 16.7. The number of fused-ring (bicyclic) bond motifs is 1. The van der Waals surface area contributed by atoms with Crippen LogP contribution in [0.4, 0.5) is 4.39 Å². The molecule has 0 radical (unpaired) electrons. The van der Waals surface area contributed by atoms with Crippen LogP contribution in [0, 0.1) is 17.7 Å². The molecular formula is C26H29FN2O2. The van der Waals surface area contributed by atoms with Gasteiger partial charge in [-0.2, -0.15) is 0 Å². The molecule has 0 aromatic heterocycles. The van der Waals surface area contributed by atoms with Gasteiger partial charge in [0.05, 0.1) is 12.2 Å². The first-order valence-electron chi connectivity index (χ1n) is 11.1. The molecule has 0 aliphatic carbocycles. The highest BCUT2D eigenvalue weighted by atomic mass is 19.1. The van der Waals surface area contributed by atoms with Gasteiger partial charge in [-0.3, -0.25) is 9.69 Å². The molecule has 0 unspecified atom stereocenters. The second-order valence-corrected chi connectivity index (χ2v) is 8.33. The normalized spacial score (nSPS) is 23.6. The van der Waals surface area contributed by atoms with E-state index in [9.17, 15) is 14.3 Å². The number of aliphatic hydroxyl groups is 1. The fourth-order valence-electron chi connectivity index (χ4n) is 4.88. The molecule has 162 valence electrons. The van der Waals surface area contributed by atoms with Crippen LogP contribution in [0.5, 0.6) is 0 Å². The van der Waals surface area contributed by atoms with Crippen molar-refractivity contribution in [3.63, 3.8) is 0 Å². The number of hydrogen-bond donors (Lipinski definition) is 1. The van der Waals surface area contributed by atoms with Gasteiger partial charge in [0.25, 0.3) is 0 Å². The number of carbonyl (C=O) groups is 1. The molecule has 0 saturated carbocycles. The average molecular weight is 421 g/mol. The molecular weight excluding hydrogens is 391 g/mol. The number of carbonyl (C=O) groups excluding carboxylic acids is 1. The van der Waals surface area contributed by atoms with Crippen LogP contribution in [0.3, 0.4) is 0 Å². The number of nitrogens with zero attached hydrogens (tertiary/aromatic N) is 2. The van der Waals surface area contributed by atoms with E-state index in [1.54, 1.807) is 18.2 Å². The Kier molecular flexibility index (Phi) is 6.70. The van der Waals surface area contributed by atoms with Gasteiger partial charge >= 0.3 is 0 Å². The maximum atomic E-state index is 13.8. The highest BCUT2D eigenvalue weighted by Gasteiger charge is 2.49. The first-order chi connectivity index (χ1) is 15.1. The smallest absolute Gasteiger partial charge is 0.222 e. The molecule has 2 heterocycles. The zero-order valence-corrected chi connectivity index (χ0v) is 17.9. The van der Waals surface area contributed by atoms with Gasteiger partial charge in [0.2, 0.25) is 5.91 Å². The van der Waals surface area contributed by atoms with Crippen molar-refractivity contribution in [2.24, 2.45) is 0 Å². The van der Waals surface area contributed by atoms with Crippen LogP contribution in [-0.4, -0.2) is 59.1 Å². The zero-order chi connectivity index (χ0) is 21.8. The standard InChI is InChI=1S/C26H29FN2O2/c1-2-25(31)28-15-5-6-16-29-23(17-28)26(24(29)18-30)21-13-10-19(11-14-21)9-12-20-7-3-4-8-22(20)27/h3-4,7-8,10-11,13-14,23-24,26,30H,2,5-6,15-18H2,1H3/t23-,24+,26+/m1/s1. The molecule has 0 bridgehead atoms. The Morgan fingerprint density at radius 3 is 2.55 bits per heavy atom. The van der Waals surface area contributed by atoms with Crippen LogP contribution in [0.1, 0.15) is 48.8 Å². The summed E-state index contributed by atoms with van der Waals surface area (Å²) in [5, 5.41) is 10.1. The van der Waals surface area contributed by atoms with Gasteiger partial charge in [0, 0.05) is 43.1 Å². The van der Waals surface area contributed by atoms with Crippen LogP contribution in [0.15, 0.2) is 48.5 Å². The number of rotatable bonds is 3. The summed E-state index contributed by atoms with van der Waals surface area (Å²) in [6.07, 6.45) is 2.57. The Hall–Kier alpha value is -2.68. The predicted octanol–water partition coefficient (Wildman–Crippen LogP) is 3.39. The number of halogens is 1. The maximum absolute atomic E-state index is 13.8. The second kappa shape index (κ2) is 9.64. The lowest BCUT2D eigenvalue weighted by atomic mass is 9.74. The van der Waals surface area contributed by atoms with Crippen LogP contribution in [-0.2, 0) is 4.79 Å². The maximum Gasteiger partial charge on any atom is 0.222 e.